The number of nitrogens with zero attached hydrogens (tertiary/aromatic N) is 2. The molecule has 2 aromatic rings. The molecule has 0 spiro atoms. The topological polar surface area (TPSA) is 139 Å². The first-order valence-electron chi connectivity index (χ1n) is 10.6. The third kappa shape index (κ3) is 5.04. The number of benzene rings is 2. The third-order valence-electron chi connectivity index (χ3n) is 5.57. The van der Waals surface area contributed by atoms with Crippen LogP contribution in [0.5, 0.6) is 5.75 Å². The molecule has 2 N–H and O–H groups in total. The summed E-state index contributed by atoms with van der Waals surface area (Å²) in [4.78, 5) is 48.9. The van der Waals surface area contributed by atoms with Crippen molar-refractivity contribution in [3.05, 3.63) is 94.2 Å². The van der Waals surface area contributed by atoms with E-state index in [-0.39, 0.29) is 35.7 Å². The molecule has 180 valence electrons. The van der Waals surface area contributed by atoms with E-state index in [1.807, 2.05) is 0 Å². The molecule has 1 saturated heterocycles. The number of carbonyl (C=O) groups is 3. The van der Waals surface area contributed by atoms with Crippen LogP contribution in [0, 0.1) is 10.1 Å². The average Bonchev–Trinajstić information content (AvgIpc) is 2.83. The predicted molar refractivity (Wildman–Crippen MR) is 127 cm³/mol. The number of carbonyl (C=O) groups excluding carboxylic acids is 2. The van der Waals surface area contributed by atoms with Gasteiger partial charge in [-0.3, -0.25) is 24.6 Å². The number of nitro benzene ring substituents is 1. The maximum Gasteiger partial charge on any atom is 0.353 e. The monoisotopic (exact) mass is 495 g/mol. The van der Waals surface area contributed by atoms with Gasteiger partial charge in [-0.1, -0.05) is 43.0 Å². The summed E-state index contributed by atoms with van der Waals surface area (Å²) < 4.78 is 5.94. The highest BCUT2D eigenvalue weighted by molar-refractivity contribution is 8.00. The maximum absolute atomic E-state index is 13.4. The lowest BCUT2D eigenvalue weighted by Gasteiger charge is -2.46. The Bertz CT molecular complexity index is 1210. The van der Waals surface area contributed by atoms with Crippen molar-refractivity contribution in [2.45, 2.75) is 29.7 Å². The van der Waals surface area contributed by atoms with Gasteiger partial charge < -0.3 is 15.2 Å². The number of nitro groups is 1. The van der Waals surface area contributed by atoms with Crippen molar-refractivity contribution in [3.8, 4) is 5.75 Å². The van der Waals surface area contributed by atoms with Crippen molar-refractivity contribution in [2.24, 2.45) is 0 Å². The summed E-state index contributed by atoms with van der Waals surface area (Å²) in [5, 5.41) is 22.3. The first-order chi connectivity index (χ1) is 16.8. The van der Waals surface area contributed by atoms with Crippen molar-refractivity contribution >= 4 is 35.2 Å². The third-order valence-corrected chi connectivity index (χ3v) is 6.91. The minimum Gasteiger partial charge on any atom is -0.480 e. The quantitative estimate of drug-likeness (QED) is 0.308. The fourth-order valence-corrected chi connectivity index (χ4v) is 5.28. The van der Waals surface area contributed by atoms with E-state index in [9.17, 15) is 29.6 Å². The van der Waals surface area contributed by atoms with Gasteiger partial charge in [-0.25, -0.2) is 4.79 Å². The number of hydrogen-bond donors (Lipinski definition) is 2. The molecule has 4 rings (SSSR count). The highest BCUT2D eigenvalue weighted by atomic mass is 32.2. The van der Waals surface area contributed by atoms with E-state index in [1.165, 1.54) is 34.9 Å². The van der Waals surface area contributed by atoms with Crippen molar-refractivity contribution in [2.75, 3.05) is 0 Å². The van der Waals surface area contributed by atoms with Gasteiger partial charge in [0.25, 0.3) is 11.6 Å². The normalized spacial score (nSPS) is 19.8. The molecule has 10 nitrogen and oxygen atoms in total. The van der Waals surface area contributed by atoms with Gasteiger partial charge in [-0.05, 0) is 17.7 Å². The summed E-state index contributed by atoms with van der Waals surface area (Å²) >= 11 is 1.25. The minimum absolute atomic E-state index is 0.0705. The predicted octanol–water partition coefficient (Wildman–Crippen LogP) is 2.86. The highest BCUT2D eigenvalue weighted by Gasteiger charge is 2.48. The number of β-lactam (4-membered cyclic amide) rings is 1. The fourth-order valence-electron chi connectivity index (χ4n) is 3.84. The van der Waals surface area contributed by atoms with E-state index in [0.29, 0.717) is 11.3 Å². The van der Waals surface area contributed by atoms with Crippen LogP contribution in [-0.4, -0.2) is 49.6 Å². The molecular weight excluding hydrogens is 474 g/mol. The van der Waals surface area contributed by atoms with Crippen LogP contribution in [0.1, 0.15) is 12.0 Å². The van der Waals surface area contributed by atoms with Crippen LogP contribution in [0.2, 0.25) is 0 Å². The Morgan fingerprint density at radius 3 is 2.51 bits per heavy atom. The van der Waals surface area contributed by atoms with Crippen LogP contribution in [-0.2, 0) is 20.8 Å². The van der Waals surface area contributed by atoms with Gasteiger partial charge in [-0.15, -0.1) is 11.8 Å². The van der Waals surface area contributed by atoms with Gasteiger partial charge in [-0.2, -0.15) is 0 Å². The van der Waals surface area contributed by atoms with Crippen LogP contribution >= 0.6 is 11.8 Å². The average molecular weight is 496 g/mol. The van der Waals surface area contributed by atoms with Crippen LogP contribution in [0.3, 0.4) is 0 Å². The molecule has 2 heterocycles. The zero-order valence-corrected chi connectivity index (χ0v) is 19.1. The van der Waals surface area contributed by atoms with Crippen LogP contribution in [0.15, 0.2) is 78.5 Å². The van der Waals surface area contributed by atoms with Gasteiger partial charge in [0.05, 0.1) is 16.7 Å². The van der Waals surface area contributed by atoms with Gasteiger partial charge in [0, 0.05) is 24.1 Å². The number of para-hydroxylation sites is 1. The van der Waals surface area contributed by atoms with Crippen LogP contribution < -0.4 is 10.1 Å². The Morgan fingerprint density at radius 1 is 1.26 bits per heavy atom. The highest BCUT2D eigenvalue weighted by Crippen LogP contribution is 2.43. The number of carboxylic acid groups (broad SMARTS) is 1. The molecule has 0 saturated carbocycles. The fraction of sp³-hybridized carbons (Fsp3) is 0.208. The first-order valence-corrected chi connectivity index (χ1v) is 11.6. The standard InChI is InChI=1S/C24H21N3O7S/c1-2-17-21(24(30)31)26-19(28)13-20(26)35-23(17)25-22(29)18(34-16-6-4-3-5-7-16)12-14-8-10-15(11-9-14)27(32)33/h2-11,18,20,23H,1,12-13H2,(H,25,29)(H,30,31)/t18?,20-,23?/m1/s1. The molecule has 2 aliphatic rings. The number of amides is 2. The van der Waals surface area contributed by atoms with E-state index in [2.05, 4.69) is 11.9 Å². The maximum atomic E-state index is 13.4. The molecule has 1 fully saturated rings. The van der Waals surface area contributed by atoms with Gasteiger partial charge in [0.2, 0.25) is 5.91 Å². The van der Waals surface area contributed by atoms with Crippen LogP contribution in [0.25, 0.3) is 0 Å². The number of fused-ring (bicyclic) bond motifs is 1. The van der Waals surface area contributed by atoms with E-state index in [4.69, 9.17) is 4.74 Å². The number of carboxylic acids is 1. The summed E-state index contributed by atoms with van der Waals surface area (Å²) in [5.41, 5.74) is 0.596. The van der Waals surface area contributed by atoms with Crippen LogP contribution in [0.4, 0.5) is 5.69 Å². The second kappa shape index (κ2) is 10.0. The molecule has 35 heavy (non-hydrogen) atoms. The number of thioether (sulfide) groups is 1. The Hall–Kier alpha value is -4.12. The second-order valence-electron chi connectivity index (χ2n) is 7.81. The number of aliphatic carboxylic acids is 1. The largest absolute Gasteiger partial charge is 0.480 e. The smallest absolute Gasteiger partial charge is 0.353 e. The number of non-ortho nitro benzene ring substituents is 1. The van der Waals surface area contributed by atoms with E-state index >= 15 is 0 Å². The Balaban J connectivity index is 1.59. The molecular formula is C24H21N3O7S. The lowest BCUT2D eigenvalue weighted by atomic mass is 10.0. The van der Waals surface area contributed by atoms with E-state index in [0.717, 1.165) is 0 Å². The molecule has 0 aromatic heterocycles. The lowest BCUT2D eigenvalue weighted by Crippen LogP contribution is -2.57. The molecule has 2 aliphatic heterocycles. The van der Waals surface area contributed by atoms with E-state index < -0.39 is 33.7 Å². The molecule has 11 heteroatoms. The molecule has 3 atom stereocenters. The van der Waals surface area contributed by atoms with Crippen molar-refractivity contribution in [1.82, 2.24) is 10.2 Å². The summed E-state index contributed by atoms with van der Waals surface area (Å²) in [5.74, 6) is -1.63. The second-order valence-corrected chi connectivity index (χ2v) is 9.10. The zero-order valence-electron chi connectivity index (χ0n) is 18.3. The minimum atomic E-state index is -1.28. The Labute approximate surface area is 204 Å². The Morgan fingerprint density at radius 2 is 1.94 bits per heavy atom. The first kappa shape index (κ1) is 24.0. The molecule has 2 unspecified atom stereocenters. The zero-order chi connectivity index (χ0) is 25.1. The number of rotatable bonds is 9. The molecule has 2 amide bonds. The summed E-state index contributed by atoms with van der Waals surface area (Å²) in [7, 11) is 0. The van der Waals surface area contributed by atoms with Crippen molar-refractivity contribution in [1.29, 1.82) is 0 Å². The van der Waals surface area contributed by atoms with Crippen molar-refractivity contribution < 1.29 is 29.2 Å². The SMILES string of the molecule is C=CC1=C(C(=O)O)N2C(=O)C[C@H]2SC1NC(=O)C(Cc1ccc([N+](=O)[O-])cc1)Oc1ccccc1. The summed E-state index contributed by atoms with van der Waals surface area (Å²) in [6.07, 6.45) is 0.598. The summed E-state index contributed by atoms with van der Waals surface area (Å²) in [6.45, 7) is 3.68. The lowest BCUT2D eigenvalue weighted by molar-refractivity contribution is -0.384. The van der Waals surface area contributed by atoms with E-state index in [1.54, 1.807) is 42.5 Å². The molecule has 0 aliphatic carbocycles. The van der Waals surface area contributed by atoms with Gasteiger partial charge >= 0.3 is 5.97 Å². The van der Waals surface area contributed by atoms with Gasteiger partial charge in [0.15, 0.2) is 6.10 Å². The number of nitrogens with one attached hydrogen (secondary N) is 1. The van der Waals surface area contributed by atoms with Gasteiger partial charge in [0.1, 0.15) is 16.8 Å². The Kier molecular flexibility index (Phi) is 6.87. The summed E-state index contributed by atoms with van der Waals surface area (Å²) in [6, 6.07) is 14.5. The molecule has 0 bridgehead atoms. The van der Waals surface area contributed by atoms with Crippen molar-refractivity contribution in [3.63, 3.8) is 0 Å². The number of hydrogen-bond acceptors (Lipinski definition) is 7. The number of ether oxygens (including phenoxy) is 1. The molecule has 0 radical (unpaired) electrons. The molecule has 2 aromatic carbocycles.